The molecule has 1 saturated heterocycles. The molecular weight excluding hydrogens is 551 g/mol. The summed E-state index contributed by atoms with van der Waals surface area (Å²) in [4.78, 5) is 12.3. The fourth-order valence-electron chi connectivity index (χ4n) is 4.70. The number of morpholine rings is 1. The predicted molar refractivity (Wildman–Crippen MR) is 158 cm³/mol. The Morgan fingerprint density at radius 3 is 2.77 bits per heavy atom. The zero-order valence-corrected chi connectivity index (χ0v) is 23.3. The average molecular weight is 579 g/mol. The summed E-state index contributed by atoms with van der Waals surface area (Å²) in [5.41, 5.74) is 1.50. The Labute approximate surface area is 240 Å². The Kier molecular flexibility index (Phi) is 8.24. The van der Waals surface area contributed by atoms with E-state index < -0.39 is 0 Å². The summed E-state index contributed by atoms with van der Waals surface area (Å²) >= 11 is 8.11. The molecule has 3 aromatic carbocycles. The Hall–Kier alpha value is -3.50. The van der Waals surface area contributed by atoms with Gasteiger partial charge in [-0.05, 0) is 60.5 Å². The Morgan fingerprint density at radius 1 is 1.02 bits per heavy atom. The van der Waals surface area contributed by atoms with Gasteiger partial charge in [0.25, 0.3) is 0 Å². The fraction of sp³-hybridized carbons (Fsp3) is 0.267. The van der Waals surface area contributed by atoms with Crippen molar-refractivity contribution in [3.05, 3.63) is 83.4 Å². The van der Waals surface area contributed by atoms with Gasteiger partial charge in [0, 0.05) is 35.4 Å². The van der Waals surface area contributed by atoms with E-state index >= 15 is 0 Å². The minimum Gasteiger partial charge on any atom is -0.493 e. The number of nitrogens with one attached hydrogen (secondary N) is 1. The Balaban J connectivity index is 1.13. The zero-order valence-electron chi connectivity index (χ0n) is 21.7. The van der Waals surface area contributed by atoms with Crippen LogP contribution in [0.3, 0.4) is 0 Å². The molecule has 0 saturated carbocycles. The lowest BCUT2D eigenvalue weighted by Crippen LogP contribution is -2.37. The summed E-state index contributed by atoms with van der Waals surface area (Å²) in [5.74, 6) is 1.76. The highest BCUT2D eigenvalue weighted by atomic mass is 35.5. The van der Waals surface area contributed by atoms with Gasteiger partial charge in [0.2, 0.25) is 0 Å². The molecule has 1 aliphatic rings. The molecule has 206 valence electrons. The summed E-state index contributed by atoms with van der Waals surface area (Å²) in [6.07, 6.45) is 2.53. The Morgan fingerprint density at radius 2 is 1.93 bits per heavy atom. The van der Waals surface area contributed by atoms with E-state index in [1.807, 2.05) is 12.1 Å². The van der Waals surface area contributed by atoms with E-state index in [1.165, 1.54) is 12.1 Å². The quantitative estimate of drug-likeness (QED) is 0.178. The molecule has 0 radical (unpaired) electrons. The van der Waals surface area contributed by atoms with Gasteiger partial charge >= 0.3 is 0 Å². The lowest BCUT2D eigenvalue weighted by molar-refractivity contribution is 0.0358. The second kappa shape index (κ2) is 12.3. The van der Waals surface area contributed by atoms with Crippen LogP contribution in [0.25, 0.3) is 20.3 Å². The highest BCUT2D eigenvalue weighted by Crippen LogP contribution is 2.39. The maximum absolute atomic E-state index is 13.4. The van der Waals surface area contributed by atoms with Crippen molar-refractivity contribution < 1.29 is 18.6 Å². The second-order valence-corrected chi connectivity index (χ2v) is 10.9. The summed E-state index contributed by atoms with van der Waals surface area (Å²) in [5, 5.41) is 5.83. The van der Waals surface area contributed by atoms with Crippen molar-refractivity contribution >= 4 is 54.7 Å². The molecular formula is C30H28ClFN4O3S. The second-order valence-electron chi connectivity index (χ2n) is 9.51. The molecule has 5 aromatic rings. The van der Waals surface area contributed by atoms with E-state index in [0.29, 0.717) is 23.2 Å². The SMILES string of the molecule is Fc1cccc(COc2ccc(Nc3ncnc4sc5cc(OCCCN6CCOCC6)ccc5c34)cc2Cl)c1. The zero-order chi connectivity index (χ0) is 27.3. The molecule has 10 heteroatoms. The van der Waals surface area contributed by atoms with Crippen LogP contribution in [-0.2, 0) is 11.3 Å². The van der Waals surface area contributed by atoms with E-state index in [1.54, 1.807) is 41.9 Å². The topological polar surface area (TPSA) is 68.7 Å². The first kappa shape index (κ1) is 26.7. The smallest absolute Gasteiger partial charge is 0.143 e. The summed E-state index contributed by atoms with van der Waals surface area (Å²) in [6.45, 7) is 5.52. The molecule has 40 heavy (non-hydrogen) atoms. The number of thiophene rings is 1. The Bertz CT molecular complexity index is 1630. The van der Waals surface area contributed by atoms with Crippen LogP contribution in [0, 0.1) is 5.82 Å². The predicted octanol–water partition coefficient (Wildman–Crippen LogP) is 7.06. The number of ether oxygens (including phenoxy) is 3. The van der Waals surface area contributed by atoms with Crippen LogP contribution in [0.2, 0.25) is 5.02 Å². The van der Waals surface area contributed by atoms with E-state index in [2.05, 4.69) is 32.3 Å². The summed E-state index contributed by atoms with van der Waals surface area (Å²) < 4.78 is 31.8. The van der Waals surface area contributed by atoms with Crippen LogP contribution in [-0.4, -0.2) is 54.3 Å². The lowest BCUT2D eigenvalue weighted by Gasteiger charge is -2.26. The van der Waals surface area contributed by atoms with Crippen molar-refractivity contribution in [2.24, 2.45) is 0 Å². The maximum atomic E-state index is 13.4. The largest absolute Gasteiger partial charge is 0.493 e. The van der Waals surface area contributed by atoms with Crippen LogP contribution in [0.1, 0.15) is 12.0 Å². The normalized spacial score (nSPS) is 14.1. The number of aromatic nitrogens is 2. The number of hydrogen-bond acceptors (Lipinski definition) is 8. The van der Waals surface area contributed by atoms with Gasteiger partial charge in [-0.3, -0.25) is 4.90 Å². The van der Waals surface area contributed by atoms with Crippen LogP contribution in [0.15, 0.2) is 67.0 Å². The highest BCUT2D eigenvalue weighted by Gasteiger charge is 2.14. The van der Waals surface area contributed by atoms with Crippen molar-refractivity contribution in [3.8, 4) is 11.5 Å². The molecule has 6 rings (SSSR count). The average Bonchev–Trinajstić information content (AvgIpc) is 3.34. The third kappa shape index (κ3) is 6.28. The van der Waals surface area contributed by atoms with E-state index in [-0.39, 0.29) is 12.4 Å². The van der Waals surface area contributed by atoms with Crippen molar-refractivity contribution in [2.75, 3.05) is 44.8 Å². The standard InChI is InChI=1S/C30H28ClFN4O3S/c31-25-16-22(5-8-26(25)39-18-20-3-1-4-21(32)15-20)35-29-28-24-7-6-23(17-27(24)40-30(28)34-19-33-29)38-12-2-9-36-10-13-37-14-11-36/h1,3-8,15-17,19H,2,9-14,18H2,(H,33,34,35). The van der Waals surface area contributed by atoms with Crippen LogP contribution in [0.5, 0.6) is 11.5 Å². The number of fused-ring (bicyclic) bond motifs is 3. The van der Waals surface area contributed by atoms with Gasteiger partial charge in [0.1, 0.15) is 40.9 Å². The van der Waals surface area contributed by atoms with Crippen molar-refractivity contribution in [3.63, 3.8) is 0 Å². The molecule has 0 aliphatic carbocycles. The number of anilines is 2. The van der Waals surface area contributed by atoms with E-state index in [9.17, 15) is 4.39 Å². The summed E-state index contributed by atoms with van der Waals surface area (Å²) in [7, 11) is 0. The minimum absolute atomic E-state index is 0.220. The number of nitrogens with zero attached hydrogens (tertiary/aromatic N) is 3. The highest BCUT2D eigenvalue weighted by molar-refractivity contribution is 7.25. The molecule has 2 aromatic heterocycles. The van der Waals surface area contributed by atoms with Gasteiger partial charge in [0.05, 0.1) is 30.2 Å². The van der Waals surface area contributed by atoms with E-state index in [4.69, 9.17) is 25.8 Å². The van der Waals surface area contributed by atoms with Crippen molar-refractivity contribution in [1.29, 1.82) is 0 Å². The molecule has 0 amide bonds. The first-order chi connectivity index (χ1) is 19.6. The molecule has 1 N–H and O–H groups in total. The molecule has 1 fully saturated rings. The van der Waals surface area contributed by atoms with Gasteiger partial charge < -0.3 is 19.5 Å². The van der Waals surface area contributed by atoms with Gasteiger partial charge in [-0.2, -0.15) is 0 Å². The monoisotopic (exact) mass is 578 g/mol. The first-order valence-electron chi connectivity index (χ1n) is 13.2. The van der Waals surface area contributed by atoms with Crippen molar-refractivity contribution in [2.45, 2.75) is 13.0 Å². The third-order valence-corrected chi connectivity index (χ3v) is 8.07. The van der Waals surface area contributed by atoms with Gasteiger partial charge in [0.15, 0.2) is 0 Å². The van der Waals surface area contributed by atoms with Gasteiger partial charge in [-0.15, -0.1) is 11.3 Å². The number of rotatable bonds is 10. The first-order valence-corrected chi connectivity index (χ1v) is 14.4. The number of halogens is 2. The van der Waals surface area contributed by atoms with Crippen LogP contribution < -0.4 is 14.8 Å². The third-order valence-electron chi connectivity index (χ3n) is 6.71. The van der Waals surface area contributed by atoms with Crippen LogP contribution in [0.4, 0.5) is 15.9 Å². The van der Waals surface area contributed by atoms with Gasteiger partial charge in [-0.1, -0.05) is 23.7 Å². The molecule has 3 heterocycles. The number of benzene rings is 3. The fourth-order valence-corrected chi connectivity index (χ4v) is 6.00. The molecule has 1 aliphatic heterocycles. The molecule has 0 bridgehead atoms. The molecule has 0 spiro atoms. The van der Waals surface area contributed by atoms with E-state index in [0.717, 1.165) is 76.6 Å². The van der Waals surface area contributed by atoms with Crippen LogP contribution >= 0.6 is 22.9 Å². The number of hydrogen-bond donors (Lipinski definition) is 1. The minimum atomic E-state index is -0.299. The summed E-state index contributed by atoms with van der Waals surface area (Å²) in [6, 6.07) is 17.9. The van der Waals surface area contributed by atoms with Gasteiger partial charge in [-0.25, -0.2) is 14.4 Å². The molecule has 0 unspecified atom stereocenters. The maximum Gasteiger partial charge on any atom is 0.143 e. The molecule has 0 atom stereocenters. The molecule has 7 nitrogen and oxygen atoms in total. The lowest BCUT2D eigenvalue weighted by atomic mass is 10.2. The van der Waals surface area contributed by atoms with Crippen molar-refractivity contribution in [1.82, 2.24) is 14.9 Å².